The largest absolute Gasteiger partial charge is 0.477 e. The summed E-state index contributed by atoms with van der Waals surface area (Å²) in [5.41, 5.74) is -0.445. The molecule has 0 atom stereocenters. The van der Waals surface area contributed by atoms with Gasteiger partial charge in [0.2, 0.25) is 5.88 Å². The molecule has 0 saturated carbocycles. The van der Waals surface area contributed by atoms with Crippen molar-refractivity contribution in [2.75, 3.05) is 6.61 Å². The second-order valence-corrected chi connectivity index (χ2v) is 5.07. The molecule has 0 amide bonds. The van der Waals surface area contributed by atoms with E-state index < -0.39 is 17.6 Å². The molecular weight excluding hydrogens is 324 g/mol. The Morgan fingerprint density at radius 1 is 0.958 bits per heavy atom. The third kappa shape index (κ3) is 3.29. The van der Waals surface area contributed by atoms with Crippen LogP contribution in [0.25, 0.3) is 10.9 Å². The van der Waals surface area contributed by atoms with Crippen molar-refractivity contribution in [3.63, 3.8) is 0 Å². The summed E-state index contributed by atoms with van der Waals surface area (Å²) in [6.07, 6.45) is -3.21. The first-order valence-corrected chi connectivity index (χ1v) is 7.14. The van der Waals surface area contributed by atoms with Gasteiger partial charge in [-0.05, 0) is 23.8 Å². The molecule has 1 aromatic heterocycles. The number of alkyl halides is 3. The first kappa shape index (κ1) is 16.2. The summed E-state index contributed by atoms with van der Waals surface area (Å²) in [5, 5.41) is 0.376. The predicted molar refractivity (Wildman–Crippen MR) is 80.1 cm³/mol. The zero-order valence-corrected chi connectivity index (χ0v) is 12.3. The average Bonchev–Trinajstić information content (AvgIpc) is 2.55. The molecule has 0 unspecified atom stereocenters. The topological polar surface area (TPSA) is 35.0 Å². The summed E-state index contributed by atoms with van der Waals surface area (Å²) in [4.78, 5) is 7.77. The molecular formula is C17H12F4N2O. The molecule has 0 spiro atoms. The molecule has 0 N–H and O–H groups in total. The van der Waals surface area contributed by atoms with E-state index in [0.717, 1.165) is 12.4 Å². The summed E-state index contributed by atoms with van der Waals surface area (Å²) in [6.45, 7) is -0.0181. The van der Waals surface area contributed by atoms with Crippen LogP contribution in [0.15, 0.2) is 48.8 Å². The smallest absolute Gasteiger partial charge is 0.416 e. The Kier molecular flexibility index (Phi) is 4.33. The van der Waals surface area contributed by atoms with E-state index in [0.29, 0.717) is 5.39 Å². The van der Waals surface area contributed by atoms with Gasteiger partial charge in [-0.1, -0.05) is 24.3 Å². The Hall–Kier alpha value is -2.70. The minimum Gasteiger partial charge on any atom is -0.477 e. The molecule has 3 nitrogen and oxygen atoms in total. The van der Waals surface area contributed by atoms with Gasteiger partial charge < -0.3 is 4.74 Å². The molecule has 0 aliphatic heterocycles. The summed E-state index contributed by atoms with van der Waals surface area (Å²) < 4.78 is 58.0. The van der Waals surface area contributed by atoms with Crippen LogP contribution in [0.1, 0.15) is 11.1 Å². The lowest BCUT2D eigenvalue weighted by Gasteiger charge is -2.13. The molecule has 0 saturated heterocycles. The molecule has 0 aliphatic carbocycles. The van der Waals surface area contributed by atoms with E-state index in [4.69, 9.17) is 4.74 Å². The molecule has 24 heavy (non-hydrogen) atoms. The maximum Gasteiger partial charge on any atom is 0.416 e. The van der Waals surface area contributed by atoms with Crippen molar-refractivity contribution < 1.29 is 22.3 Å². The summed E-state index contributed by atoms with van der Waals surface area (Å²) in [7, 11) is 0. The number of rotatable bonds is 4. The number of ether oxygens (including phenoxy) is 1. The molecule has 124 valence electrons. The van der Waals surface area contributed by atoms with E-state index in [-0.39, 0.29) is 30.0 Å². The number of para-hydroxylation sites is 1. The van der Waals surface area contributed by atoms with Gasteiger partial charge in [0.25, 0.3) is 0 Å². The molecule has 7 heteroatoms. The Labute approximate surface area is 134 Å². The number of nitrogens with zero attached hydrogens (tertiary/aromatic N) is 2. The van der Waals surface area contributed by atoms with Crippen LogP contribution < -0.4 is 4.74 Å². The van der Waals surface area contributed by atoms with Gasteiger partial charge in [0.05, 0.1) is 17.6 Å². The number of benzene rings is 2. The summed E-state index contributed by atoms with van der Waals surface area (Å²) >= 11 is 0. The van der Waals surface area contributed by atoms with Gasteiger partial charge in [0, 0.05) is 6.42 Å². The van der Waals surface area contributed by atoms with Crippen LogP contribution in [0.2, 0.25) is 0 Å². The third-order valence-electron chi connectivity index (χ3n) is 3.51. The maximum atomic E-state index is 13.7. The number of fused-ring (bicyclic) bond motifs is 1. The SMILES string of the molecule is Fc1cccc2c(OCCc3ccccc3C(F)(F)F)ncnc12. The van der Waals surface area contributed by atoms with Crippen molar-refractivity contribution >= 4 is 10.9 Å². The fourth-order valence-electron chi connectivity index (χ4n) is 2.42. The van der Waals surface area contributed by atoms with E-state index in [2.05, 4.69) is 9.97 Å². The van der Waals surface area contributed by atoms with Crippen molar-refractivity contribution in [2.24, 2.45) is 0 Å². The quantitative estimate of drug-likeness (QED) is 0.662. The van der Waals surface area contributed by atoms with Crippen molar-refractivity contribution in [1.82, 2.24) is 9.97 Å². The lowest BCUT2D eigenvalue weighted by molar-refractivity contribution is -0.138. The highest BCUT2D eigenvalue weighted by atomic mass is 19.4. The maximum absolute atomic E-state index is 13.7. The second kappa shape index (κ2) is 6.43. The first-order valence-electron chi connectivity index (χ1n) is 7.14. The molecule has 0 radical (unpaired) electrons. The van der Waals surface area contributed by atoms with Crippen molar-refractivity contribution in [1.29, 1.82) is 0 Å². The van der Waals surface area contributed by atoms with Gasteiger partial charge in [-0.25, -0.2) is 14.4 Å². The predicted octanol–water partition coefficient (Wildman–Crippen LogP) is 4.41. The molecule has 3 aromatic rings. The molecule has 0 bridgehead atoms. The third-order valence-corrected chi connectivity index (χ3v) is 3.51. The van der Waals surface area contributed by atoms with Crippen molar-refractivity contribution in [3.8, 4) is 5.88 Å². The highest BCUT2D eigenvalue weighted by molar-refractivity contribution is 5.83. The van der Waals surface area contributed by atoms with Gasteiger partial charge in [-0.2, -0.15) is 13.2 Å². The fourth-order valence-corrected chi connectivity index (χ4v) is 2.42. The van der Waals surface area contributed by atoms with Crippen molar-refractivity contribution in [2.45, 2.75) is 12.6 Å². The van der Waals surface area contributed by atoms with E-state index in [1.54, 1.807) is 12.1 Å². The van der Waals surface area contributed by atoms with E-state index in [1.807, 2.05) is 0 Å². The lowest BCUT2D eigenvalue weighted by atomic mass is 10.0. The van der Waals surface area contributed by atoms with Crippen LogP contribution in [0.3, 0.4) is 0 Å². The number of aromatic nitrogens is 2. The molecule has 1 heterocycles. The first-order chi connectivity index (χ1) is 11.5. The Balaban J connectivity index is 1.78. The van der Waals surface area contributed by atoms with Crippen LogP contribution >= 0.6 is 0 Å². The van der Waals surface area contributed by atoms with E-state index in [1.165, 1.54) is 24.3 Å². The standard InChI is InChI=1S/C17H12F4N2O/c18-14-7-3-5-12-15(14)22-10-23-16(12)24-9-8-11-4-1-2-6-13(11)17(19,20)21/h1-7,10H,8-9H2. The van der Waals surface area contributed by atoms with Crippen LogP contribution in [-0.2, 0) is 12.6 Å². The Bertz CT molecular complexity index is 865. The Morgan fingerprint density at radius 2 is 1.75 bits per heavy atom. The van der Waals surface area contributed by atoms with Gasteiger partial charge in [-0.15, -0.1) is 0 Å². The molecule has 3 rings (SSSR count). The summed E-state index contributed by atoms with van der Waals surface area (Å²) in [5.74, 6) is -0.369. The van der Waals surface area contributed by atoms with Crippen LogP contribution in [-0.4, -0.2) is 16.6 Å². The average molecular weight is 336 g/mol. The zero-order valence-electron chi connectivity index (χ0n) is 12.3. The van der Waals surface area contributed by atoms with Crippen LogP contribution in [0.4, 0.5) is 17.6 Å². The number of halogens is 4. The van der Waals surface area contributed by atoms with Crippen molar-refractivity contribution in [3.05, 3.63) is 65.7 Å². The molecule has 0 aliphatic rings. The van der Waals surface area contributed by atoms with Gasteiger partial charge in [0.15, 0.2) is 0 Å². The number of hydrogen-bond donors (Lipinski definition) is 0. The minimum atomic E-state index is -4.42. The van der Waals surface area contributed by atoms with Crippen LogP contribution in [0, 0.1) is 5.82 Å². The lowest BCUT2D eigenvalue weighted by Crippen LogP contribution is -2.12. The monoisotopic (exact) mass is 336 g/mol. The highest BCUT2D eigenvalue weighted by Gasteiger charge is 2.32. The summed E-state index contributed by atoms with van der Waals surface area (Å²) in [6, 6.07) is 9.67. The Morgan fingerprint density at radius 3 is 2.54 bits per heavy atom. The zero-order chi connectivity index (χ0) is 17.2. The van der Waals surface area contributed by atoms with Gasteiger partial charge in [-0.3, -0.25) is 0 Å². The fraction of sp³-hybridized carbons (Fsp3) is 0.176. The minimum absolute atomic E-state index is 0.0181. The van der Waals surface area contributed by atoms with Gasteiger partial charge in [0.1, 0.15) is 17.7 Å². The molecule has 2 aromatic carbocycles. The van der Waals surface area contributed by atoms with Crippen LogP contribution in [0.5, 0.6) is 5.88 Å². The van der Waals surface area contributed by atoms with E-state index in [9.17, 15) is 17.6 Å². The normalized spacial score (nSPS) is 11.7. The number of hydrogen-bond acceptors (Lipinski definition) is 3. The highest BCUT2D eigenvalue weighted by Crippen LogP contribution is 2.32. The van der Waals surface area contributed by atoms with E-state index >= 15 is 0 Å². The second-order valence-electron chi connectivity index (χ2n) is 5.07. The van der Waals surface area contributed by atoms with Gasteiger partial charge >= 0.3 is 6.18 Å². The molecule has 0 fully saturated rings.